The van der Waals surface area contributed by atoms with Gasteiger partial charge in [0.15, 0.2) is 0 Å². The van der Waals surface area contributed by atoms with Crippen LogP contribution in [0.15, 0.2) is 176 Å². The largest absolute Gasteiger partial charge is 0.310 e. The molecule has 0 radical (unpaired) electrons. The van der Waals surface area contributed by atoms with E-state index in [0.717, 1.165) is 11.4 Å². The monoisotopic (exact) mass is 739 g/mol. The van der Waals surface area contributed by atoms with E-state index in [1.165, 1.54) is 98.9 Å². The molecule has 12 rings (SSSR count). The summed E-state index contributed by atoms with van der Waals surface area (Å²) >= 11 is 5.69. The van der Waals surface area contributed by atoms with E-state index in [2.05, 4.69) is 181 Å². The minimum atomic E-state index is 1.14. The molecule has 0 unspecified atom stereocenters. The highest BCUT2D eigenvalue weighted by molar-refractivity contribution is 7.30. The number of rotatable bonds is 4. The third-order valence-corrected chi connectivity index (χ3v) is 14.5. The Kier molecular flexibility index (Phi) is 6.61. The van der Waals surface area contributed by atoms with E-state index in [0.29, 0.717) is 0 Å². The topological polar surface area (TPSA) is 3.24 Å². The zero-order chi connectivity index (χ0) is 35.3. The van der Waals surface area contributed by atoms with Gasteiger partial charge < -0.3 is 4.90 Å². The predicted molar refractivity (Wildman–Crippen MR) is 240 cm³/mol. The number of hydrogen-bond acceptors (Lipinski definition) is 4. The molecule has 3 aromatic heterocycles. The normalized spacial score (nSPS) is 12.1. The maximum atomic E-state index is 2.49. The molecule has 0 amide bonds. The van der Waals surface area contributed by atoms with Crippen molar-refractivity contribution in [1.82, 2.24) is 0 Å². The smallest absolute Gasteiger partial charge is 0.0555 e. The first-order valence-electron chi connectivity index (χ1n) is 18.2. The van der Waals surface area contributed by atoms with Crippen molar-refractivity contribution in [2.75, 3.05) is 4.90 Å². The van der Waals surface area contributed by atoms with Crippen LogP contribution in [0.2, 0.25) is 0 Å². The van der Waals surface area contributed by atoms with Crippen molar-refractivity contribution < 1.29 is 0 Å². The molecule has 0 aliphatic heterocycles. The first-order chi connectivity index (χ1) is 26.8. The van der Waals surface area contributed by atoms with Gasteiger partial charge in [-0.3, -0.25) is 0 Å². The summed E-state index contributed by atoms with van der Waals surface area (Å²) in [4.78, 5) is 2.49. The molecular weight excluding hydrogens is 711 g/mol. The first-order valence-corrected chi connectivity index (χ1v) is 20.7. The number of hydrogen-bond donors (Lipinski definition) is 0. The molecule has 1 nitrogen and oxygen atoms in total. The number of fused-ring (bicyclic) bond motifs is 13. The second-order valence-corrected chi connectivity index (χ2v) is 17.2. The SMILES string of the molecule is c1ccc2c(c1)cc(-c1ccc(N(c3ccc4c(c3)sc3ccccc34)c3cccc4sc5ccc6c7ccccc7sc6c5c34)cc1)c1ccccc12. The lowest BCUT2D eigenvalue weighted by Crippen LogP contribution is -2.10. The molecule has 3 heterocycles. The molecule has 9 aromatic carbocycles. The molecule has 54 heavy (non-hydrogen) atoms. The van der Waals surface area contributed by atoms with Crippen molar-refractivity contribution in [1.29, 1.82) is 0 Å². The van der Waals surface area contributed by atoms with Crippen molar-refractivity contribution >= 4 is 133 Å². The van der Waals surface area contributed by atoms with E-state index >= 15 is 0 Å². The van der Waals surface area contributed by atoms with Gasteiger partial charge in [-0.25, -0.2) is 0 Å². The summed E-state index contributed by atoms with van der Waals surface area (Å²) in [5, 5.41) is 13.1. The predicted octanol–water partition coefficient (Wildman–Crippen LogP) is 16.2. The van der Waals surface area contributed by atoms with Crippen molar-refractivity contribution in [3.63, 3.8) is 0 Å². The zero-order valence-corrected chi connectivity index (χ0v) is 31.4. The van der Waals surface area contributed by atoms with Gasteiger partial charge in [0.25, 0.3) is 0 Å². The molecule has 0 aliphatic carbocycles. The molecular formula is C50H29NS3. The van der Waals surface area contributed by atoms with Gasteiger partial charge >= 0.3 is 0 Å². The average Bonchev–Trinajstić information content (AvgIpc) is 3.92. The highest BCUT2D eigenvalue weighted by Crippen LogP contribution is 2.50. The van der Waals surface area contributed by atoms with E-state index in [-0.39, 0.29) is 0 Å². The summed E-state index contributed by atoms with van der Waals surface area (Å²) in [6.45, 7) is 0. The molecule has 0 bridgehead atoms. The number of thiophene rings is 3. The van der Waals surface area contributed by atoms with Gasteiger partial charge in [-0.05, 0) is 93.3 Å². The molecule has 0 saturated heterocycles. The van der Waals surface area contributed by atoms with Crippen LogP contribution in [0.25, 0.3) is 93.2 Å². The Labute approximate surface area is 323 Å². The molecule has 0 atom stereocenters. The van der Waals surface area contributed by atoms with E-state index in [1.807, 2.05) is 34.0 Å². The van der Waals surface area contributed by atoms with Crippen LogP contribution in [-0.4, -0.2) is 0 Å². The second kappa shape index (κ2) is 11.7. The summed E-state index contributed by atoms with van der Waals surface area (Å²) in [6.07, 6.45) is 0. The van der Waals surface area contributed by atoms with E-state index in [4.69, 9.17) is 0 Å². The minimum Gasteiger partial charge on any atom is -0.310 e. The Balaban J connectivity index is 1.11. The van der Waals surface area contributed by atoms with Crippen LogP contribution >= 0.6 is 34.0 Å². The molecule has 12 aromatic rings. The van der Waals surface area contributed by atoms with E-state index in [9.17, 15) is 0 Å². The van der Waals surface area contributed by atoms with Gasteiger partial charge in [-0.2, -0.15) is 0 Å². The van der Waals surface area contributed by atoms with Gasteiger partial charge in [-0.1, -0.05) is 115 Å². The summed E-state index contributed by atoms with van der Waals surface area (Å²) < 4.78 is 7.95. The summed E-state index contributed by atoms with van der Waals surface area (Å²) in [5.41, 5.74) is 5.97. The van der Waals surface area contributed by atoms with E-state index < -0.39 is 0 Å². The Hall–Kier alpha value is -6.04. The van der Waals surface area contributed by atoms with Gasteiger partial charge in [0, 0.05) is 71.9 Å². The fourth-order valence-electron chi connectivity index (χ4n) is 8.62. The molecule has 4 heteroatoms. The lowest BCUT2D eigenvalue weighted by Gasteiger charge is -2.27. The average molecular weight is 740 g/mol. The Morgan fingerprint density at radius 3 is 1.76 bits per heavy atom. The summed E-state index contributed by atoms with van der Waals surface area (Å²) in [7, 11) is 0. The fraction of sp³-hybridized carbons (Fsp3) is 0. The third kappa shape index (κ3) is 4.48. The lowest BCUT2D eigenvalue weighted by molar-refractivity contribution is 1.31. The molecule has 0 spiro atoms. The Bertz CT molecular complexity index is 3450. The van der Waals surface area contributed by atoms with Crippen LogP contribution in [0.3, 0.4) is 0 Å². The van der Waals surface area contributed by atoms with Crippen molar-refractivity contribution in [2.24, 2.45) is 0 Å². The van der Waals surface area contributed by atoms with Crippen LogP contribution < -0.4 is 4.90 Å². The number of anilines is 3. The molecule has 0 aliphatic rings. The van der Waals surface area contributed by atoms with Crippen LogP contribution in [0, 0.1) is 0 Å². The van der Waals surface area contributed by atoms with Gasteiger partial charge in [-0.15, -0.1) is 34.0 Å². The van der Waals surface area contributed by atoms with Crippen molar-refractivity contribution in [2.45, 2.75) is 0 Å². The van der Waals surface area contributed by atoms with Gasteiger partial charge in [0.1, 0.15) is 0 Å². The second-order valence-electron chi connectivity index (χ2n) is 14.0. The molecule has 0 fully saturated rings. The van der Waals surface area contributed by atoms with Crippen LogP contribution in [0.5, 0.6) is 0 Å². The third-order valence-electron chi connectivity index (χ3n) is 11.0. The van der Waals surface area contributed by atoms with Gasteiger partial charge in [0.2, 0.25) is 0 Å². The summed E-state index contributed by atoms with van der Waals surface area (Å²) in [5.74, 6) is 0. The highest BCUT2D eigenvalue weighted by atomic mass is 32.1. The molecule has 0 N–H and O–H groups in total. The maximum Gasteiger partial charge on any atom is 0.0555 e. The van der Waals surface area contributed by atoms with Crippen molar-refractivity contribution in [3.8, 4) is 11.1 Å². The quantitative estimate of drug-likeness (QED) is 0.163. The standard InChI is InChI=1S/C50H29NS3/c1-2-11-34-31(10-1)28-41(36-13-4-3-12-35(34)36)30-20-22-32(23-21-30)51(33-24-25-39-37-14-5-7-17-43(37)52-47(39)29-33)42-16-9-19-45-48(42)49-46(53-45)27-26-40-38-15-6-8-18-44(38)54-50(40)49/h1-29H. The Morgan fingerprint density at radius 1 is 0.333 bits per heavy atom. The summed E-state index contributed by atoms with van der Waals surface area (Å²) in [6, 6.07) is 65.3. The molecule has 252 valence electrons. The number of benzene rings is 9. The zero-order valence-electron chi connectivity index (χ0n) is 28.9. The first kappa shape index (κ1) is 30.4. The van der Waals surface area contributed by atoms with Gasteiger partial charge in [0.05, 0.1) is 5.69 Å². The maximum absolute atomic E-state index is 2.49. The van der Waals surface area contributed by atoms with Crippen LogP contribution in [-0.2, 0) is 0 Å². The highest BCUT2D eigenvalue weighted by Gasteiger charge is 2.22. The minimum absolute atomic E-state index is 1.14. The van der Waals surface area contributed by atoms with E-state index in [1.54, 1.807) is 0 Å². The Morgan fingerprint density at radius 2 is 0.926 bits per heavy atom. The van der Waals surface area contributed by atoms with Crippen molar-refractivity contribution in [3.05, 3.63) is 176 Å². The van der Waals surface area contributed by atoms with Crippen LogP contribution in [0.4, 0.5) is 17.1 Å². The lowest BCUT2D eigenvalue weighted by atomic mass is 9.93. The van der Waals surface area contributed by atoms with Crippen LogP contribution in [0.1, 0.15) is 0 Å². The number of nitrogens with zero attached hydrogens (tertiary/aromatic N) is 1. The fourth-order valence-corrected chi connectivity index (χ4v) is 12.2. The molecule has 0 saturated carbocycles.